The summed E-state index contributed by atoms with van der Waals surface area (Å²) in [4.78, 5) is 4.75. The van der Waals surface area contributed by atoms with E-state index in [2.05, 4.69) is 42.0 Å². The van der Waals surface area contributed by atoms with E-state index in [9.17, 15) is 5.11 Å². The number of rotatable bonds is 5. The lowest BCUT2D eigenvalue weighted by Crippen LogP contribution is -2.47. The minimum Gasteiger partial charge on any atom is -0.393 e. The van der Waals surface area contributed by atoms with Gasteiger partial charge in [0, 0.05) is 56.9 Å². The highest BCUT2D eigenvalue weighted by Crippen LogP contribution is 2.19. The van der Waals surface area contributed by atoms with Crippen molar-refractivity contribution in [2.24, 2.45) is 13.0 Å². The molecule has 0 amide bonds. The van der Waals surface area contributed by atoms with Gasteiger partial charge in [0.1, 0.15) is 0 Å². The molecular formula is C15H28N4O. The van der Waals surface area contributed by atoms with Crippen LogP contribution in [0.25, 0.3) is 0 Å². The molecule has 0 unspecified atom stereocenters. The van der Waals surface area contributed by atoms with Crippen LogP contribution in [0.3, 0.4) is 0 Å². The second kappa shape index (κ2) is 6.70. The van der Waals surface area contributed by atoms with E-state index >= 15 is 0 Å². The van der Waals surface area contributed by atoms with Crippen LogP contribution in [-0.4, -0.2) is 63.5 Å². The molecule has 1 aliphatic heterocycles. The fourth-order valence-electron chi connectivity index (χ4n) is 2.93. The Bertz CT molecular complexity index is 418. The van der Waals surface area contributed by atoms with Gasteiger partial charge in [-0.25, -0.2) is 0 Å². The molecule has 2 heterocycles. The molecule has 1 saturated heterocycles. The van der Waals surface area contributed by atoms with Crippen molar-refractivity contribution in [1.82, 2.24) is 19.6 Å². The summed E-state index contributed by atoms with van der Waals surface area (Å²) in [6, 6.07) is 0.467. The molecule has 0 aliphatic carbocycles. The summed E-state index contributed by atoms with van der Waals surface area (Å²) >= 11 is 0. The summed E-state index contributed by atoms with van der Waals surface area (Å²) in [6.07, 6.45) is 4.72. The Labute approximate surface area is 122 Å². The van der Waals surface area contributed by atoms with E-state index < -0.39 is 0 Å². The molecule has 114 valence electrons. The van der Waals surface area contributed by atoms with Crippen LogP contribution in [-0.2, 0) is 13.6 Å². The molecule has 1 N–H and O–H groups in total. The van der Waals surface area contributed by atoms with Crippen molar-refractivity contribution < 1.29 is 5.11 Å². The molecule has 2 rings (SSSR count). The summed E-state index contributed by atoms with van der Waals surface area (Å²) < 4.78 is 1.84. The monoisotopic (exact) mass is 280 g/mol. The molecule has 0 aromatic carbocycles. The van der Waals surface area contributed by atoms with Gasteiger partial charge in [-0.15, -0.1) is 0 Å². The Hall–Kier alpha value is -0.910. The lowest BCUT2D eigenvalue weighted by atomic mass is 9.94. The molecular weight excluding hydrogens is 252 g/mol. The van der Waals surface area contributed by atoms with E-state index in [1.54, 1.807) is 0 Å². The summed E-state index contributed by atoms with van der Waals surface area (Å²) in [5.74, 6) is 0.341. The third-order valence-electron chi connectivity index (χ3n) is 4.24. The molecule has 5 nitrogen and oxygen atoms in total. The van der Waals surface area contributed by atoms with Gasteiger partial charge in [-0.1, -0.05) is 0 Å². The minimum atomic E-state index is -0.165. The first-order valence-corrected chi connectivity index (χ1v) is 7.54. The topological polar surface area (TPSA) is 44.5 Å². The number of aryl methyl sites for hydroxylation is 1. The van der Waals surface area contributed by atoms with E-state index in [0.717, 1.165) is 32.6 Å². The van der Waals surface area contributed by atoms with Gasteiger partial charge in [0.25, 0.3) is 0 Å². The zero-order chi connectivity index (χ0) is 14.7. The molecule has 0 radical (unpaired) electrons. The highest BCUT2D eigenvalue weighted by molar-refractivity contribution is 5.03. The smallest absolute Gasteiger partial charge is 0.0605 e. The Balaban J connectivity index is 1.98. The predicted molar refractivity (Wildman–Crippen MR) is 80.4 cm³/mol. The van der Waals surface area contributed by atoms with E-state index in [1.165, 1.54) is 5.56 Å². The van der Waals surface area contributed by atoms with Crippen LogP contribution in [0.4, 0.5) is 0 Å². The number of aliphatic hydroxyl groups is 1. The molecule has 0 saturated carbocycles. The molecule has 5 heteroatoms. The Morgan fingerprint density at radius 2 is 2.20 bits per heavy atom. The van der Waals surface area contributed by atoms with E-state index in [-0.39, 0.29) is 6.10 Å². The number of hydrogen-bond acceptors (Lipinski definition) is 4. The van der Waals surface area contributed by atoms with Crippen LogP contribution < -0.4 is 0 Å². The first kappa shape index (κ1) is 15.5. The van der Waals surface area contributed by atoms with Gasteiger partial charge in [-0.05, 0) is 27.3 Å². The van der Waals surface area contributed by atoms with Crippen LogP contribution in [0, 0.1) is 5.92 Å². The normalized spacial score (nSPS) is 24.8. The largest absolute Gasteiger partial charge is 0.393 e. The highest BCUT2D eigenvalue weighted by Gasteiger charge is 2.28. The van der Waals surface area contributed by atoms with Crippen molar-refractivity contribution in [2.75, 3.05) is 26.7 Å². The van der Waals surface area contributed by atoms with Gasteiger partial charge in [-0.3, -0.25) is 9.58 Å². The zero-order valence-corrected chi connectivity index (χ0v) is 13.2. The summed E-state index contributed by atoms with van der Waals surface area (Å²) in [7, 11) is 4.09. The number of hydrogen-bond donors (Lipinski definition) is 1. The number of aromatic nitrogens is 2. The average molecular weight is 280 g/mol. The van der Waals surface area contributed by atoms with Gasteiger partial charge in [0.05, 0.1) is 12.3 Å². The number of piperidine rings is 1. The van der Waals surface area contributed by atoms with Crippen LogP contribution in [0.2, 0.25) is 0 Å². The van der Waals surface area contributed by atoms with Crippen molar-refractivity contribution in [3.63, 3.8) is 0 Å². The lowest BCUT2D eigenvalue weighted by Gasteiger charge is -2.38. The van der Waals surface area contributed by atoms with Crippen LogP contribution in [0.15, 0.2) is 12.4 Å². The quantitative estimate of drug-likeness (QED) is 0.872. The first-order chi connectivity index (χ1) is 9.45. The maximum atomic E-state index is 10.2. The fraction of sp³-hybridized carbons (Fsp3) is 0.800. The molecule has 1 aromatic heterocycles. The maximum absolute atomic E-state index is 10.2. The third-order valence-corrected chi connectivity index (χ3v) is 4.24. The van der Waals surface area contributed by atoms with Crippen LogP contribution in [0.1, 0.15) is 25.8 Å². The SMILES string of the molecule is CC(C)N(Cc1cnn(C)c1)C[C@@H]1CN(C)CC[C@H]1O. The van der Waals surface area contributed by atoms with E-state index in [1.807, 2.05) is 17.9 Å². The first-order valence-electron chi connectivity index (χ1n) is 7.54. The summed E-state index contributed by atoms with van der Waals surface area (Å²) in [5, 5.41) is 14.5. The second-order valence-corrected chi connectivity index (χ2v) is 6.42. The van der Waals surface area contributed by atoms with Gasteiger partial charge >= 0.3 is 0 Å². The maximum Gasteiger partial charge on any atom is 0.0605 e. The number of nitrogens with zero attached hydrogens (tertiary/aromatic N) is 4. The van der Waals surface area contributed by atoms with Gasteiger partial charge < -0.3 is 10.0 Å². The summed E-state index contributed by atoms with van der Waals surface area (Å²) in [6.45, 7) is 8.26. The van der Waals surface area contributed by atoms with Crippen molar-refractivity contribution in [2.45, 2.75) is 39.0 Å². The van der Waals surface area contributed by atoms with Gasteiger partial charge in [-0.2, -0.15) is 5.10 Å². The molecule has 0 spiro atoms. The van der Waals surface area contributed by atoms with Crippen molar-refractivity contribution in [3.8, 4) is 0 Å². The molecule has 0 bridgehead atoms. The molecule has 2 atom stereocenters. The Morgan fingerprint density at radius 3 is 2.80 bits per heavy atom. The van der Waals surface area contributed by atoms with E-state index in [4.69, 9.17) is 0 Å². The number of likely N-dealkylation sites (tertiary alicyclic amines) is 1. The summed E-state index contributed by atoms with van der Waals surface area (Å²) in [5.41, 5.74) is 1.24. The predicted octanol–water partition coefficient (Wildman–Crippen LogP) is 0.943. The minimum absolute atomic E-state index is 0.165. The Kier molecular flexibility index (Phi) is 5.18. The molecule has 1 fully saturated rings. The van der Waals surface area contributed by atoms with E-state index in [0.29, 0.717) is 12.0 Å². The Morgan fingerprint density at radius 1 is 1.45 bits per heavy atom. The zero-order valence-electron chi connectivity index (χ0n) is 13.2. The average Bonchev–Trinajstić information content (AvgIpc) is 2.78. The molecule has 1 aromatic rings. The number of aliphatic hydroxyl groups excluding tert-OH is 1. The molecule has 1 aliphatic rings. The third kappa shape index (κ3) is 4.04. The highest BCUT2D eigenvalue weighted by atomic mass is 16.3. The lowest BCUT2D eigenvalue weighted by molar-refractivity contribution is 0.0110. The van der Waals surface area contributed by atoms with Gasteiger partial charge in [0.15, 0.2) is 0 Å². The molecule has 20 heavy (non-hydrogen) atoms. The van der Waals surface area contributed by atoms with Gasteiger partial charge in [0.2, 0.25) is 0 Å². The van der Waals surface area contributed by atoms with Crippen molar-refractivity contribution in [1.29, 1.82) is 0 Å². The van der Waals surface area contributed by atoms with Crippen molar-refractivity contribution in [3.05, 3.63) is 18.0 Å². The standard InChI is InChI=1S/C15H28N4O/c1-12(2)19(9-13-7-16-18(4)8-13)11-14-10-17(3)6-5-15(14)20/h7-8,12,14-15,20H,5-6,9-11H2,1-4H3/t14-,15+/m0/s1. The second-order valence-electron chi connectivity index (χ2n) is 6.42. The van der Waals surface area contributed by atoms with Crippen LogP contribution in [0.5, 0.6) is 0 Å². The fourth-order valence-corrected chi connectivity index (χ4v) is 2.93. The van der Waals surface area contributed by atoms with Crippen LogP contribution >= 0.6 is 0 Å². The van der Waals surface area contributed by atoms with Crippen molar-refractivity contribution >= 4 is 0 Å².